The summed E-state index contributed by atoms with van der Waals surface area (Å²) in [5, 5.41) is 15.7. The molecule has 158 valence electrons. The van der Waals surface area contributed by atoms with E-state index in [0.29, 0.717) is 36.4 Å². The lowest BCUT2D eigenvalue weighted by molar-refractivity contribution is -0.146. The second-order valence-corrected chi connectivity index (χ2v) is 8.57. The van der Waals surface area contributed by atoms with E-state index in [4.69, 9.17) is 0 Å². The molecule has 0 fully saturated rings. The molecular formula is C23H26N2O4S. The summed E-state index contributed by atoms with van der Waals surface area (Å²) in [4.78, 5) is 38.4. The third-order valence-electron chi connectivity index (χ3n) is 5.41. The maximum atomic E-state index is 13.0. The molecule has 0 radical (unpaired) electrons. The Morgan fingerprint density at radius 3 is 2.40 bits per heavy atom. The lowest BCUT2D eigenvalue weighted by Gasteiger charge is -2.24. The molecule has 3 rings (SSSR count). The molecule has 0 saturated carbocycles. The van der Waals surface area contributed by atoms with Crippen LogP contribution in [0.4, 0.5) is 5.00 Å². The molecule has 7 heteroatoms. The van der Waals surface area contributed by atoms with Crippen LogP contribution in [0.2, 0.25) is 0 Å². The van der Waals surface area contributed by atoms with E-state index < -0.39 is 17.8 Å². The van der Waals surface area contributed by atoms with Crippen molar-refractivity contribution < 1.29 is 19.5 Å². The van der Waals surface area contributed by atoms with Gasteiger partial charge in [-0.3, -0.25) is 14.4 Å². The number of hydrogen-bond donors (Lipinski definition) is 3. The summed E-state index contributed by atoms with van der Waals surface area (Å²) in [6.45, 7) is 4.29. The first-order valence-electron chi connectivity index (χ1n) is 10.0. The molecule has 1 aliphatic rings. The molecule has 6 nitrogen and oxygen atoms in total. The van der Waals surface area contributed by atoms with E-state index in [2.05, 4.69) is 10.6 Å². The maximum absolute atomic E-state index is 13.0. The molecule has 1 aromatic heterocycles. The van der Waals surface area contributed by atoms with Gasteiger partial charge in [0.2, 0.25) is 5.91 Å². The van der Waals surface area contributed by atoms with E-state index in [1.807, 2.05) is 50.3 Å². The fraction of sp³-hybridized carbons (Fsp3) is 0.348. The Morgan fingerprint density at radius 1 is 1.10 bits per heavy atom. The Labute approximate surface area is 180 Å². The number of nitrogens with one attached hydrogen (secondary N) is 2. The van der Waals surface area contributed by atoms with E-state index in [-0.39, 0.29) is 11.8 Å². The van der Waals surface area contributed by atoms with Crippen molar-refractivity contribution >= 4 is 34.1 Å². The average Bonchev–Trinajstić information content (AvgIpc) is 3.07. The third kappa shape index (κ3) is 4.79. The summed E-state index contributed by atoms with van der Waals surface area (Å²) >= 11 is 1.36. The number of aryl methyl sites for hydroxylation is 1. The minimum absolute atomic E-state index is 0.242. The standard InChI is InChI=1S/C23H26N2O4S/c1-3-16-14(2)30-22(19(16)21(27)24-13-15-9-5-4-6-10-15)25-20(26)17-11-7-8-12-18(17)23(28)29/h4-10,17-18H,3,11-13H2,1-2H3,(H,24,27)(H,25,26)(H,28,29)/t17-,18+/m0/s1. The van der Waals surface area contributed by atoms with Crippen molar-refractivity contribution in [3.63, 3.8) is 0 Å². The first-order valence-corrected chi connectivity index (χ1v) is 10.9. The normalized spacial score (nSPS) is 18.1. The molecule has 2 aromatic rings. The number of amides is 2. The summed E-state index contributed by atoms with van der Waals surface area (Å²) in [7, 11) is 0. The van der Waals surface area contributed by atoms with Crippen molar-refractivity contribution in [2.24, 2.45) is 11.8 Å². The number of carbonyl (C=O) groups excluding carboxylic acids is 2. The second kappa shape index (κ2) is 9.71. The number of carboxylic acid groups (broad SMARTS) is 1. The molecule has 0 bridgehead atoms. The molecule has 1 aliphatic carbocycles. The number of aliphatic carboxylic acids is 1. The van der Waals surface area contributed by atoms with Crippen LogP contribution in [0.25, 0.3) is 0 Å². The first-order chi connectivity index (χ1) is 14.4. The smallest absolute Gasteiger partial charge is 0.307 e. The second-order valence-electron chi connectivity index (χ2n) is 7.35. The zero-order valence-corrected chi connectivity index (χ0v) is 17.9. The van der Waals surface area contributed by atoms with Gasteiger partial charge in [-0.15, -0.1) is 11.3 Å². The van der Waals surface area contributed by atoms with Gasteiger partial charge in [-0.2, -0.15) is 0 Å². The van der Waals surface area contributed by atoms with E-state index in [1.165, 1.54) is 11.3 Å². The Kier molecular flexibility index (Phi) is 7.05. The van der Waals surface area contributed by atoms with Crippen LogP contribution in [0, 0.1) is 18.8 Å². The number of anilines is 1. The summed E-state index contributed by atoms with van der Waals surface area (Å²) in [5.74, 6) is -2.98. The molecule has 0 unspecified atom stereocenters. The number of carboxylic acids is 1. The number of hydrogen-bond acceptors (Lipinski definition) is 4. The SMILES string of the molecule is CCc1c(C)sc(NC(=O)[C@H]2CC=CC[C@H]2C(=O)O)c1C(=O)NCc1ccccc1. The molecule has 0 saturated heterocycles. The van der Waals surface area contributed by atoms with Crippen molar-refractivity contribution in [1.29, 1.82) is 0 Å². The van der Waals surface area contributed by atoms with Crippen molar-refractivity contribution in [3.05, 3.63) is 64.1 Å². The number of rotatable bonds is 7. The van der Waals surface area contributed by atoms with Crippen LogP contribution in [0.3, 0.4) is 0 Å². The van der Waals surface area contributed by atoms with Crippen molar-refractivity contribution in [2.75, 3.05) is 5.32 Å². The summed E-state index contributed by atoms with van der Waals surface area (Å²) < 4.78 is 0. The highest BCUT2D eigenvalue weighted by molar-refractivity contribution is 7.16. The highest BCUT2D eigenvalue weighted by Gasteiger charge is 2.35. The number of benzene rings is 1. The highest BCUT2D eigenvalue weighted by Crippen LogP contribution is 2.35. The number of thiophene rings is 1. The van der Waals surface area contributed by atoms with E-state index in [9.17, 15) is 19.5 Å². The van der Waals surface area contributed by atoms with E-state index in [1.54, 1.807) is 6.08 Å². The molecular weight excluding hydrogens is 400 g/mol. The lowest BCUT2D eigenvalue weighted by Crippen LogP contribution is -2.35. The van der Waals surface area contributed by atoms with Gasteiger partial charge in [0.05, 0.1) is 17.4 Å². The summed E-state index contributed by atoms with van der Waals surface area (Å²) in [5.41, 5.74) is 2.36. The molecule has 0 spiro atoms. The van der Waals surface area contributed by atoms with Crippen LogP contribution in [-0.4, -0.2) is 22.9 Å². The zero-order chi connectivity index (χ0) is 21.7. The van der Waals surface area contributed by atoms with Gasteiger partial charge in [0.25, 0.3) is 5.91 Å². The average molecular weight is 427 g/mol. The predicted molar refractivity (Wildman–Crippen MR) is 118 cm³/mol. The van der Waals surface area contributed by atoms with Crippen LogP contribution in [0.5, 0.6) is 0 Å². The number of carbonyl (C=O) groups is 3. The molecule has 2 amide bonds. The Bertz CT molecular complexity index is 965. The van der Waals surface area contributed by atoms with Gasteiger partial charge in [0.1, 0.15) is 5.00 Å². The van der Waals surface area contributed by atoms with Gasteiger partial charge in [0, 0.05) is 11.4 Å². The van der Waals surface area contributed by atoms with Gasteiger partial charge < -0.3 is 15.7 Å². The fourth-order valence-electron chi connectivity index (χ4n) is 3.78. The third-order valence-corrected chi connectivity index (χ3v) is 6.47. The van der Waals surface area contributed by atoms with Crippen molar-refractivity contribution in [2.45, 2.75) is 39.7 Å². The Morgan fingerprint density at radius 2 is 1.77 bits per heavy atom. The van der Waals surface area contributed by atoms with Gasteiger partial charge in [-0.25, -0.2) is 0 Å². The van der Waals surface area contributed by atoms with Gasteiger partial charge in [0.15, 0.2) is 0 Å². The first kappa shape index (κ1) is 21.8. The lowest BCUT2D eigenvalue weighted by atomic mass is 9.82. The van der Waals surface area contributed by atoms with Crippen LogP contribution in [-0.2, 0) is 22.6 Å². The molecule has 0 aliphatic heterocycles. The summed E-state index contributed by atoms with van der Waals surface area (Å²) in [6, 6.07) is 9.62. The largest absolute Gasteiger partial charge is 0.481 e. The van der Waals surface area contributed by atoms with E-state index in [0.717, 1.165) is 16.0 Å². The summed E-state index contributed by atoms with van der Waals surface area (Å²) in [6.07, 6.45) is 5.02. The molecule has 1 aromatic carbocycles. The quantitative estimate of drug-likeness (QED) is 0.580. The number of allylic oxidation sites excluding steroid dienone is 2. The predicted octanol–water partition coefficient (Wildman–Crippen LogP) is 4.15. The minimum atomic E-state index is -0.975. The molecule has 30 heavy (non-hydrogen) atoms. The van der Waals surface area contributed by atoms with Crippen LogP contribution < -0.4 is 10.6 Å². The monoisotopic (exact) mass is 426 g/mol. The maximum Gasteiger partial charge on any atom is 0.307 e. The Hall–Kier alpha value is -2.93. The fourth-order valence-corrected chi connectivity index (χ4v) is 4.93. The van der Waals surface area contributed by atoms with Crippen LogP contribution in [0.15, 0.2) is 42.5 Å². The van der Waals surface area contributed by atoms with Crippen LogP contribution in [0.1, 0.15) is 46.1 Å². The van der Waals surface area contributed by atoms with Crippen LogP contribution >= 0.6 is 11.3 Å². The van der Waals surface area contributed by atoms with Crippen molar-refractivity contribution in [3.8, 4) is 0 Å². The Balaban J connectivity index is 1.81. The molecule has 3 N–H and O–H groups in total. The molecule has 1 heterocycles. The highest BCUT2D eigenvalue weighted by atomic mass is 32.1. The van der Waals surface area contributed by atoms with Gasteiger partial charge >= 0.3 is 5.97 Å². The molecule has 2 atom stereocenters. The van der Waals surface area contributed by atoms with Gasteiger partial charge in [-0.05, 0) is 37.3 Å². The minimum Gasteiger partial charge on any atom is -0.481 e. The van der Waals surface area contributed by atoms with E-state index >= 15 is 0 Å². The van der Waals surface area contributed by atoms with Crippen molar-refractivity contribution in [1.82, 2.24) is 5.32 Å². The zero-order valence-electron chi connectivity index (χ0n) is 17.1. The topological polar surface area (TPSA) is 95.5 Å². The van der Waals surface area contributed by atoms with Gasteiger partial charge in [-0.1, -0.05) is 49.4 Å².